The maximum absolute atomic E-state index is 11.4. The zero-order valence-corrected chi connectivity index (χ0v) is 17.0. The third kappa shape index (κ3) is 5.82. The number of ether oxygens (including phenoxy) is 2. The minimum absolute atomic E-state index is 0.162. The quantitative estimate of drug-likeness (QED) is 0.533. The van der Waals surface area contributed by atoms with Gasteiger partial charge in [0.25, 0.3) is 0 Å². The second-order valence-electron chi connectivity index (χ2n) is 6.74. The van der Waals surface area contributed by atoms with Crippen molar-refractivity contribution < 1.29 is 14.3 Å². The highest BCUT2D eigenvalue weighted by Crippen LogP contribution is 2.29. The largest absolute Gasteiger partial charge is 0.463 e. The molecular weight excluding hydrogens is 378 g/mol. The van der Waals surface area contributed by atoms with Crippen LogP contribution in [-0.4, -0.2) is 17.6 Å². The van der Waals surface area contributed by atoms with E-state index in [1.165, 1.54) is 6.92 Å². The Balaban J connectivity index is 1.90. The SMILES string of the molecule is CCc1cc(Oc2cccnc2)cc(C(COC(C)=O)Nc2ccc(C#N)cc2)c1. The topological polar surface area (TPSA) is 84.2 Å². The van der Waals surface area contributed by atoms with E-state index in [1.54, 1.807) is 24.5 Å². The van der Waals surface area contributed by atoms with Crippen LogP contribution < -0.4 is 10.1 Å². The zero-order valence-electron chi connectivity index (χ0n) is 17.0. The molecular formula is C24H23N3O3. The molecule has 0 radical (unpaired) electrons. The summed E-state index contributed by atoms with van der Waals surface area (Å²) < 4.78 is 11.3. The molecule has 2 aromatic carbocycles. The van der Waals surface area contributed by atoms with Gasteiger partial charge >= 0.3 is 5.97 Å². The number of rotatable bonds is 8. The Labute approximate surface area is 176 Å². The summed E-state index contributed by atoms with van der Waals surface area (Å²) in [5, 5.41) is 12.4. The van der Waals surface area contributed by atoms with E-state index in [2.05, 4.69) is 29.4 Å². The maximum Gasteiger partial charge on any atom is 0.302 e. The molecule has 0 aliphatic carbocycles. The number of benzene rings is 2. The Morgan fingerprint density at radius 2 is 1.97 bits per heavy atom. The summed E-state index contributed by atoms with van der Waals surface area (Å²) in [5.41, 5.74) is 3.43. The van der Waals surface area contributed by atoms with Crippen LogP contribution in [0.3, 0.4) is 0 Å². The summed E-state index contributed by atoms with van der Waals surface area (Å²) in [5.74, 6) is 0.986. The first-order valence-corrected chi connectivity index (χ1v) is 9.69. The number of aryl methyl sites for hydroxylation is 1. The Morgan fingerprint density at radius 3 is 2.60 bits per heavy atom. The van der Waals surface area contributed by atoms with Crippen molar-refractivity contribution in [2.24, 2.45) is 0 Å². The number of carbonyl (C=O) groups is 1. The van der Waals surface area contributed by atoms with Gasteiger partial charge in [0.2, 0.25) is 0 Å². The molecule has 0 saturated heterocycles. The molecule has 3 aromatic rings. The number of nitrogens with one attached hydrogen (secondary N) is 1. The van der Waals surface area contributed by atoms with Gasteiger partial charge in [-0.05, 0) is 66.1 Å². The number of esters is 1. The van der Waals surface area contributed by atoms with Gasteiger partial charge in [-0.3, -0.25) is 9.78 Å². The normalized spacial score (nSPS) is 11.2. The monoisotopic (exact) mass is 401 g/mol. The van der Waals surface area contributed by atoms with Gasteiger partial charge in [0.15, 0.2) is 0 Å². The van der Waals surface area contributed by atoms with E-state index in [0.717, 1.165) is 23.2 Å². The number of pyridine rings is 1. The maximum atomic E-state index is 11.4. The molecule has 1 aromatic heterocycles. The number of anilines is 1. The Hall–Kier alpha value is -3.85. The number of aromatic nitrogens is 1. The molecule has 0 amide bonds. The summed E-state index contributed by atoms with van der Waals surface area (Å²) in [4.78, 5) is 15.5. The van der Waals surface area contributed by atoms with Crippen molar-refractivity contribution >= 4 is 11.7 Å². The van der Waals surface area contributed by atoms with Gasteiger partial charge in [-0.15, -0.1) is 0 Å². The number of nitriles is 1. The number of hydrogen-bond donors (Lipinski definition) is 1. The second-order valence-corrected chi connectivity index (χ2v) is 6.74. The summed E-state index contributed by atoms with van der Waals surface area (Å²) in [6.07, 6.45) is 4.18. The number of hydrogen-bond acceptors (Lipinski definition) is 6. The molecule has 0 saturated carbocycles. The first-order valence-electron chi connectivity index (χ1n) is 9.69. The van der Waals surface area contributed by atoms with Crippen LogP contribution in [0.5, 0.6) is 11.5 Å². The Morgan fingerprint density at radius 1 is 1.17 bits per heavy atom. The molecule has 6 heteroatoms. The lowest BCUT2D eigenvalue weighted by Gasteiger charge is -2.22. The Bertz CT molecular complexity index is 1030. The van der Waals surface area contributed by atoms with Crippen LogP contribution in [0.1, 0.15) is 36.6 Å². The van der Waals surface area contributed by atoms with E-state index in [9.17, 15) is 4.79 Å². The Kier molecular flexibility index (Phi) is 7.01. The van der Waals surface area contributed by atoms with Gasteiger partial charge in [0.1, 0.15) is 18.1 Å². The summed E-state index contributed by atoms with van der Waals surface area (Å²) >= 11 is 0. The molecule has 30 heavy (non-hydrogen) atoms. The fourth-order valence-electron chi connectivity index (χ4n) is 2.96. The predicted octanol–water partition coefficient (Wildman–Crippen LogP) is 5.02. The van der Waals surface area contributed by atoms with E-state index in [0.29, 0.717) is 17.1 Å². The third-order valence-electron chi connectivity index (χ3n) is 4.48. The lowest BCUT2D eigenvalue weighted by molar-refractivity contribution is -0.141. The third-order valence-corrected chi connectivity index (χ3v) is 4.48. The fraction of sp³-hybridized carbons (Fsp3) is 0.208. The van der Waals surface area contributed by atoms with E-state index in [1.807, 2.05) is 36.4 Å². The van der Waals surface area contributed by atoms with Gasteiger partial charge in [-0.2, -0.15) is 5.26 Å². The van der Waals surface area contributed by atoms with Gasteiger partial charge in [-0.25, -0.2) is 0 Å². The van der Waals surface area contributed by atoms with E-state index >= 15 is 0 Å². The summed E-state index contributed by atoms with van der Waals surface area (Å²) in [6, 6.07) is 18.6. The molecule has 1 N–H and O–H groups in total. The first kappa shape index (κ1) is 20.9. The second kappa shape index (κ2) is 10.1. The van der Waals surface area contributed by atoms with Crippen LogP contribution in [0.2, 0.25) is 0 Å². The number of carbonyl (C=O) groups excluding carboxylic acids is 1. The van der Waals surface area contributed by atoms with Crippen LogP contribution in [0, 0.1) is 11.3 Å². The van der Waals surface area contributed by atoms with Crippen molar-refractivity contribution in [1.82, 2.24) is 4.98 Å². The van der Waals surface area contributed by atoms with Crippen LogP contribution in [0.4, 0.5) is 5.69 Å². The minimum atomic E-state index is -0.347. The van der Waals surface area contributed by atoms with Crippen molar-refractivity contribution in [3.05, 3.63) is 83.7 Å². The van der Waals surface area contributed by atoms with Gasteiger partial charge in [0.05, 0.1) is 23.9 Å². The fourth-order valence-corrected chi connectivity index (χ4v) is 2.96. The van der Waals surface area contributed by atoms with Crippen molar-refractivity contribution in [3.63, 3.8) is 0 Å². The summed E-state index contributed by atoms with van der Waals surface area (Å²) in [7, 11) is 0. The van der Waals surface area contributed by atoms with Gasteiger partial charge in [-0.1, -0.05) is 13.0 Å². The van der Waals surface area contributed by atoms with Crippen molar-refractivity contribution in [2.45, 2.75) is 26.3 Å². The predicted molar refractivity (Wildman–Crippen MR) is 114 cm³/mol. The van der Waals surface area contributed by atoms with Crippen LogP contribution in [0.25, 0.3) is 0 Å². The lowest BCUT2D eigenvalue weighted by Crippen LogP contribution is -2.19. The molecule has 152 valence electrons. The van der Waals surface area contributed by atoms with Gasteiger partial charge < -0.3 is 14.8 Å². The molecule has 0 aliphatic heterocycles. The molecule has 0 spiro atoms. The molecule has 0 bridgehead atoms. The smallest absolute Gasteiger partial charge is 0.302 e. The average molecular weight is 401 g/mol. The van der Waals surface area contributed by atoms with Crippen molar-refractivity contribution in [3.8, 4) is 17.6 Å². The van der Waals surface area contributed by atoms with Crippen molar-refractivity contribution in [1.29, 1.82) is 5.26 Å². The van der Waals surface area contributed by atoms with E-state index in [-0.39, 0.29) is 18.6 Å². The molecule has 6 nitrogen and oxygen atoms in total. The van der Waals surface area contributed by atoms with E-state index < -0.39 is 0 Å². The average Bonchev–Trinajstić information content (AvgIpc) is 2.77. The van der Waals surface area contributed by atoms with E-state index in [4.69, 9.17) is 14.7 Å². The molecule has 1 unspecified atom stereocenters. The zero-order chi connectivity index (χ0) is 21.3. The van der Waals surface area contributed by atoms with Crippen LogP contribution in [0.15, 0.2) is 67.0 Å². The molecule has 1 heterocycles. The molecule has 3 rings (SSSR count). The molecule has 0 fully saturated rings. The highest BCUT2D eigenvalue weighted by Gasteiger charge is 2.16. The highest BCUT2D eigenvalue weighted by atomic mass is 16.5. The molecule has 0 aliphatic rings. The first-order chi connectivity index (χ1) is 14.6. The lowest BCUT2D eigenvalue weighted by atomic mass is 10.0. The minimum Gasteiger partial charge on any atom is -0.463 e. The van der Waals surface area contributed by atoms with Crippen molar-refractivity contribution in [2.75, 3.05) is 11.9 Å². The van der Waals surface area contributed by atoms with Crippen LogP contribution in [-0.2, 0) is 16.0 Å². The van der Waals surface area contributed by atoms with Gasteiger partial charge in [0, 0.05) is 18.8 Å². The highest BCUT2D eigenvalue weighted by molar-refractivity contribution is 5.66. The summed E-state index contributed by atoms with van der Waals surface area (Å²) in [6.45, 7) is 3.62. The standard InChI is InChI=1S/C24H23N3O3/c1-3-18-11-20(13-23(12-18)30-22-5-4-10-26-15-22)24(16-29-17(2)28)27-21-8-6-19(14-25)7-9-21/h4-13,15,24,27H,3,16H2,1-2H3. The number of nitrogens with zero attached hydrogens (tertiary/aromatic N) is 2. The van der Waals surface area contributed by atoms with Crippen LogP contribution >= 0.6 is 0 Å². The molecule has 1 atom stereocenters.